The van der Waals surface area contributed by atoms with Crippen LogP contribution in [0.3, 0.4) is 0 Å². The van der Waals surface area contributed by atoms with Gasteiger partial charge < -0.3 is 15.0 Å². The van der Waals surface area contributed by atoms with Crippen LogP contribution in [0.15, 0.2) is 18.5 Å². The van der Waals surface area contributed by atoms with Crippen LogP contribution in [0.25, 0.3) is 0 Å². The van der Waals surface area contributed by atoms with Crippen LogP contribution in [0.5, 0.6) is 0 Å². The number of likely N-dealkylation sites (tertiary alicyclic amines) is 1. The molecule has 1 aromatic heterocycles. The van der Waals surface area contributed by atoms with E-state index in [2.05, 4.69) is 24.3 Å². The van der Waals surface area contributed by atoms with Gasteiger partial charge in [-0.05, 0) is 45.6 Å². The number of aromatic nitrogens is 2. The topological polar surface area (TPSA) is 59.4 Å². The number of carbonyl (C=O) groups is 1. The van der Waals surface area contributed by atoms with Crippen LogP contribution in [0.2, 0.25) is 0 Å². The van der Waals surface area contributed by atoms with Gasteiger partial charge in [-0.1, -0.05) is 20.3 Å². The van der Waals surface area contributed by atoms with E-state index in [1.807, 2.05) is 48.8 Å². The van der Waals surface area contributed by atoms with Crippen LogP contribution in [0.1, 0.15) is 53.9 Å². The van der Waals surface area contributed by atoms with E-state index in [0.717, 1.165) is 32.4 Å². The Labute approximate surface area is 151 Å². The van der Waals surface area contributed by atoms with Crippen molar-refractivity contribution in [2.75, 3.05) is 13.1 Å². The molecule has 1 aromatic rings. The number of rotatable bonds is 5. The monoisotopic (exact) mass is 350 g/mol. The summed E-state index contributed by atoms with van der Waals surface area (Å²) < 4.78 is 7.54. The molecule has 2 rings (SSSR count). The molecule has 1 fully saturated rings. The van der Waals surface area contributed by atoms with E-state index in [-0.39, 0.29) is 12.1 Å². The Morgan fingerprint density at radius 3 is 2.72 bits per heavy atom. The lowest BCUT2D eigenvalue weighted by molar-refractivity contribution is 0.0240. The average molecular weight is 351 g/mol. The summed E-state index contributed by atoms with van der Waals surface area (Å²) in [6.07, 6.45) is 6.85. The van der Waals surface area contributed by atoms with Gasteiger partial charge in [0.05, 0.1) is 6.54 Å². The van der Waals surface area contributed by atoms with Crippen molar-refractivity contribution in [3.63, 3.8) is 0 Å². The zero-order chi connectivity index (χ0) is 18.4. The van der Waals surface area contributed by atoms with Gasteiger partial charge in [0, 0.05) is 37.6 Å². The molecule has 0 bridgehead atoms. The van der Waals surface area contributed by atoms with Gasteiger partial charge >= 0.3 is 6.09 Å². The first-order valence-corrected chi connectivity index (χ1v) is 9.46. The number of nitrogens with zero attached hydrogens (tertiary/aromatic N) is 3. The lowest BCUT2D eigenvalue weighted by atomic mass is 10.0. The molecule has 0 aromatic carbocycles. The Morgan fingerprint density at radius 1 is 1.36 bits per heavy atom. The van der Waals surface area contributed by atoms with E-state index in [1.165, 1.54) is 0 Å². The van der Waals surface area contributed by atoms with Gasteiger partial charge in [0.2, 0.25) is 0 Å². The molecule has 0 spiro atoms. The van der Waals surface area contributed by atoms with Crippen LogP contribution in [-0.4, -0.2) is 51.5 Å². The van der Waals surface area contributed by atoms with E-state index in [4.69, 9.17) is 4.74 Å². The van der Waals surface area contributed by atoms with Crippen molar-refractivity contribution in [2.24, 2.45) is 5.92 Å². The molecule has 1 saturated heterocycles. The predicted molar refractivity (Wildman–Crippen MR) is 99.4 cm³/mol. The Hall–Kier alpha value is -1.56. The lowest BCUT2D eigenvalue weighted by Crippen LogP contribution is -2.50. The van der Waals surface area contributed by atoms with Crippen LogP contribution in [0, 0.1) is 5.92 Å². The third-order valence-corrected chi connectivity index (χ3v) is 4.52. The highest BCUT2D eigenvalue weighted by Crippen LogP contribution is 2.17. The van der Waals surface area contributed by atoms with Crippen molar-refractivity contribution in [1.82, 2.24) is 20.0 Å². The minimum absolute atomic E-state index is 0.200. The summed E-state index contributed by atoms with van der Waals surface area (Å²) in [5.41, 5.74) is -0.452. The zero-order valence-electron chi connectivity index (χ0n) is 16.4. The van der Waals surface area contributed by atoms with Gasteiger partial charge in [-0.25, -0.2) is 4.79 Å². The van der Waals surface area contributed by atoms with Crippen molar-refractivity contribution in [3.8, 4) is 0 Å². The first-order valence-electron chi connectivity index (χ1n) is 9.46. The summed E-state index contributed by atoms with van der Waals surface area (Å²) >= 11 is 0. The number of carbonyl (C=O) groups excluding carboxylic acids is 1. The maximum absolute atomic E-state index is 12.4. The fourth-order valence-electron chi connectivity index (χ4n) is 3.14. The van der Waals surface area contributed by atoms with Crippen LogP contribution in [-0.2, 0) is 11.3 Å². The fourth-order valence-corrected chi connectivity index (χ4v) is 3.14. The predicted octanol–water partition coefficient (Wildman–Crippen LogP) is 3.29. The maximum atomic E-state index is 12.4. The quantitative estimate of drug-likeness (QED) is 0.885. The number of hydrogen-bond donors (Lipinski definition) is 1. The Kier molecular flexibility index (Phi) is 6.87. The van der Waals surface area contributed by atoms with Crippen molar-refractivity contribution in [3.05, 3.63) is 18.5 Å². The molecule has 25 heavy (non-hydrogen) atoms. The summed E-state index contributed by atoms with van der Waals surface area (Å²) in [5.74, 6) is 0.488. The molecule has 2 atom stereocenters. The lowest BCUT2D eigenvalue weighted by Gasteiger charge is -2.31. The number of hydrogen-bond acceptors (Lipinski definition) is 4. The molecule has 1 N–H and O–H groups in total. The average Bonchev–Trinajstić information content (AvgIpc) is 2.88. The summed E-state index contributed by atoms with van der Waals surface area (Å²) in [6.45, 7) is 12.5. The van der Waals surface area contributed by atoms with Gasteiger partial charge in [0.1, 0.15) is 5.60 Å². The minimum Gasteiger partial charge on any atom is -0.444 e. The molecule has 1 aliphatic rings. The first-order chi connectivity index (χ1) is 11.7. The van der Waals surface area contributed by atoms with E-state index in [1.54, 1.807) is 0 Å². The molecule has 6 heteroatoms. The van der Waals surface area contributed by atoms with Crippen molar-refractivity contribution in [2.45, 2.75) is 78.1 Å². The largest absolute Gasteiger partial charge is 0.444 e. The molecule has 1 aliphatic heterocycles. The van der Waals surface area contributed by atoms with Crippen LogP contribution in [0.4, 0.5) is 4.79 Å². The Morgan fingerprint density at radius 2 is 2.12 bits per heavy atom. The standard InChI is InChI=1S/C19H34N4O2/c1-15(2)17(14-23-12-8-10-20-23)21-16-9-6-7-11-22(13-16)18(24)25-19(3,4)5/h8,10,12,15-17,21H,6-7,9,11,13-14H2,1-5H3. The van der Waals surface area contributed by atoms with Gasteiger partial charge in [-0.3, -0.25) is 4.68 Å². The van der Waals surface area contributed by atoms with Gasteiger partial charge in [0.15, 0.2) is 0 Å². The fraction of sp³-hybridized carbons (Fsp3) is 0.789. The second kappa shape index (κ2) is 8.70. The van der Waals surface area contributed by atoms with E-state index >= 15 is 0 Å². The van der Waals surface area contributed by atoms with E-state index < -0.39 is 5.60 Å². The van der Waals surface area contributed by atoms with Crippen molar-refractivity contribution in [1.29, 1.82) is 0 Å². The number of nitrogens with one attached hydrogen (secondary N) is 1. The van der Waals surface area contributed by atoms with Crippen LogP contribution < -0.4 is 5.32 Å². The molecule has 0 radical (unpaired) electrons. The van der Waals surface area contributed by atoms with Gasteiger partial charge in [0.25, 0.3) is 0 Å². The molecule has 2 heterocycles. The maximum Gasteiger partial charge on any atom is 0.410 e. The second-order valence-corrected chi connectivity index (χ2v) is 8.36. The highest BCUT2D eigenvalue weighted by atomic mass is 16.6. The second-order valence-electron chi connectivity index (χ2n) is 8.36. The van der Waals surface area contributed by atoms with E-state index in [0.29, 0.717) is 18.5 Å². The first kappa shape index (κ1) is 19.8. The highest BCUT2D eigenvalue weighted by molar-refractivity contribution is 5.68. The van der Waals surface area contributed by atoms with Gasteiger partial charge in [-0.15, -0.1) is 0 Å². The summed E-state index contributed by atoms with van der Waals surface area (Å²) in [4.78, 5) is 14.3. The summed E-state index contributed by atoms with van der Waals surface area (Å²) in [7, 11) is 0. The summed E-state index contributed by atoms with van der Waals surface area (Å²) in [5, 5.41) is 8.10. The molecular formula is C19H34N4O2. The Bertz CT molecular complexity index is 522. The molecule has 2 unspecified atom stereocenters. The SMILES string of the molecule is CC(C)C(Cn1cccn1)NC1CCCCN(C(=O)OC(C)(C)C)C1. The third-order valence-electron chi connectivity index (χ3n) is 4.52. The zero-order valence-corrected chi connectivity index (χ0v) is 16.4. The normalized spacial score (nSPS) is 20.4. The van der Waals surface area contributed by atoms with Gasteiger partial charge in [-0.2, -0.15) is 5.10 Å². The van der Waals surface area contributed by atoms with Crippen molar-refractivity contribution < 1.29 is 9.53 Å². The molecular weight excluding hydrogens is 316 g/mol. The van der Waals surface area contributed by atoms with Crippen molar-refractivity contribution >= 4 is 6.09 Å². The molecule has 0 aliphatic carbocycles. The minimum atomic E-state index is -0.452. The molecule has 6 nitrogen and oxygen atoms in total. The van der Waals surface area contributed by atoms with E-state index in [9.17, 15) is 4.79 Å². The molecule has 142 valence electrons. The smallest absolute Gasteiger partial charge is 0.410 e. The number of ether oxygens (including phenoxy) is 1. The summed E-state index contributed by atoms with van der Waals surface area (Å²) in [6, 6.07) is 2.56. The molecule has 1 amide bonds. The highest BCUT2D eigenvalue weighted by Gasteiger charge is 2.28. The molecule has 0 saturated carbocycles. The Balaban J connectivity index is 1.97. The third kappa shape index (κ3) is 6.69. The van der Waals surface area contributed by atoms with Crippen LogP contribution >= 0.6 is 0 Å². The number of amides is 1.